The number of hydrogen-bond acceptors (Lipinski definition) is 4. The number of aliphatic imine (C=N–C) groups is 1. The standard InChI is InChI=1S/C19H30N4/c1-5-16(3)18(21-6-2)14-23(13-8-7-11-20)15-19-17(4)10-9-12-22-19/h5-6,9-10,12H,1,7-8,11,13-15,20H2,2-4H3/b18-16-,21-6?. The van der Waals surface area contributed by atoms with E-state index in [9.17, 15) is 0 Å². The van der Waals surface area contributed by atoms with Crippen LogP contribution in [-0.2, 0) is 6.54 Å². The molecule has 0 fully saturated rings. The molecule has 0 aliphatic carbocycles. The molecule has 0 saturated carbocycles. The summed E-state index contributed by atoms with van der Waals surface area (Å²) < 4.78 is 0. The first-order valence-electron chi connectivity index (χ1n) is 8.26. The molecule has 0 bridgehead atoms. The van der Waals surface area contributed by atoms with Crippen molar-refractivity contribution in [3.8, 4) is 0 Å². The maximum atomic E-state index is 5.63. The molecule has 1 rings (SSSR count). The molecule has 1 aromatic rings. The van der Waals surface area contributed by atoms with E-state index in [1.54, 1.807) is 0 Å². The number of aryl methyl sites for hydroxylation is 1. The number of allylic oxidation sites excluding steroid dienone is 2. The zero-order valence-corrected chi connectivity index (χ0v) is 14.8. The molecule has 0 unspecified atom stereocenters. The van der Waals surface area contributed by atoms with Crippen LogP contribution in [0.2, 0.25) is 0 Å². The van der Waals surface area contributed by atoms with Crippen LogP contribution in [0.15, 0.2) is 47.2 Å². The predicted molar refractivity (Wildman–Crippen MR) is 99.6 cm³/mol. The van der Waals surface area contributed by atoms with Gasteiger partial charge in [0, 0.05) is 25.5 Å². The number of nitrogens with two attached hydrogens (primary N) is 1. The average molecular weight is 314 g/mol. The van der Waals surface area contributed by atoms with E-state index in [4.69, 9.17) is 5.73 Å². The summed E-state index contributed by atoms with van der Waals surface area (Å²) in [7, 11) is 0. The molecule has 4 nitrogen and oxygen atoms in total. The Bertz CT molecular complexity index is 546. The van der Waals surface area contributed by atoms with Crippen molar-refractivity contribution in [2.75, 3.05) is 19.6 Å². The molecule has 0 saturated heterocycles. The lowest BCUT2D eigenvalue weighted by atomic mass is 10.1. The predicted octanol–water partition coefficient (Wildman–Crippen LogP) is 3.48. The topological polar surface area (TPSA) is 54.5 Å². The number of rotatable bonds is 10. The molecule has 0 aromatic carbocycles. The lowest BCUT2D eigenvalue weighted by Crippen LogP contribution is -2.28. The minimum absolute atomic E-state index is 0.734. The first kappa shape index (κ1) is 19.3. The molecule has 1 aromatic heterocycles. The van der Waals surface area contributed by atoms with Crippen molar-refractivity contribution in [2.45, 2.75) is 40.2 Å². The largest absolute Gasteiger partial charge is 0.330 e. The summed E-state index contributed by atoms with van der Waals surface area (Å²) in [5.41, 5.74) is 10.2. The lowest BCUT2D eigenvalue weighted by molar-refractivity contribution is 0.277. The number of unbranched alkanes of at least 4 members (excludes halogenated alkanes) is 1. The summed E-state index contributed by atoms with van der Waals surface area (Å²) in [5.74, 6) is 0. The van der Waals surface area contributed by atoms with Gasteiger partial charge in [-0.05, 0) is 63.9 Å². The van der Waals surface area contributed by atoms with Gasteiger partial charge in [0.2, 0.25) is 0 Å². The minimum Gasteiger partial charge on any atom is -0.330 e. The van der Waals surface area contributed by atoms with Crippen LogP contribution in [0.3, 0.4) is 0 Å². The van der Waals surface area contributed by atoms with Crippen molar-refractivity contribution < 1.29 is 0 Å². The minimum atomic E-state index is 0.734. The summed E-state index contributed by atoms with van der Waals surface area (Å²) >= 11 is 0. The van der Waals surface area contributed by atoms with Gasteiger partial charge in [0.05, 0.1) is 11.4 Å². The van der Waals surface area contributed by atoms with Crippen LogP contribution in [0, 0.1) is 6.92 Å². The van der Waals surface area contributed by atoms with Gasteiger partial charge < -0.3 is 5.73 Å². The fourth-order valence-corrected chi connectivity index (χ4v) is 2.34. The Morgan fingerprint density at radius 3 is 2.83 bits per heavy atom. The Morgan fingerprint density at radius 1 is 1.43 bits per heavy atom. The van der Waals surface area contributed by atoms with E-state index in [0.29, 0.717) is 0 Å². The molecule has 23 heavy (non-hydrogen) atoms. The highest BCUT2D eigenvalue weighted by atomic mass is 15.1. The SMILES string of the molecule is C=C/C(C)=C(/CN(CCCCN)Cc1ncccc1C)N=CC. The third-order valence-electron chi connectivity index (χ3n) is 3.84. The Morgan fingerprint density at radius 2 is 2.22 bits per heavy atom. The number of aromatic nitrogens is 1. The monoisotopic (exact) mass is 314 g/mol. The lowest BCUT2D eigenvalue weighted by Gasteiger charge is -2.23. The molecule has 1 heterocycles. The second-order valence-electron chi connectivity index (χ2n) is 5.69. The summed E-state index contributed by atoms with van der Waals surface area (Å²) in [6, 6.07) is 4.09. The van der Waals surface area contributed by atoms with Crippen molar-refractivity contribution in [3.05, 3.63) is 53.5 Å². The van der Waals surface area contributed by atoms with E-state index in [0.717, 1.165) is 56.0 Å². The second-order valence-corrected chi connectivity index (χ2v) is 5.69. The molecule has 0 amide bonds. The summed E-state index contributed by atoms with van der Waals surface area (Å²) in [4.78, 5) is 11.4. The van der Waals surface area contributed by atoms with Gasteiger partial charge in [-0.2, -0.15) is 0 Å². The number of nitrogens with zero attached hydrogens (tertiary/aromatic N) is 3. The summed E-state index contributed by atoms with van der Waals surface area (Å²) in [5, 5.41) is 0. The average Bonchev–Trinajstić information content (AvgIpc) is 2.55. The Balaban J connectivity index is 2.91. The number of hydrogen-bond donors (Lipinski definition) is 1. The highest BCUT2D eigenvalue weighted by molar-refractivity contribution is 5.56. The fraction of sp³-hybridized carbons (Fsp3) is 0.474. The molecule has 4 heteroatoms. The summed E-state index contributed by atoms with van der Waals surface area (Å²) in [6.07, 6.45) is 7.68. The third-order valence-corrected chi connectivity index (χ3v) is 3.84. The van der Waals surface area contributed by atoms with Gasteiger partial charge in [-0.1, -0.05) is 18.7 Å². The Hall–Kier alpha value is -1.78. The van der Waals surface area contributed by atoms with Gasteiger partial charge in [0.25, 0.3) is 0 Å². The Kier molecular flexibility index (Phi) is 9.10. The molecule has 126 valence electrons. The summed E-state index contributed by atoms with van der Waals surface area (Å²) in [6.45, 7) is 13.3. The Labute approximate surface area is 140 Å². The molecule has 0 aliphatic heterocycles. The first-order chi connectivity index (χ1) is 11.1. The van der Waals surface area contributed by atoms with Gasteiger partial charge in [0.1, 0.15) is 0 Å². The fourth-order valence-electron chi connectivity index (χ4n) is 2.34. The van der Waals surface area contributed by atoms with E-state index < -0.39 is 0 Å². The van der Waals surface area contributed by atoms with Crippen molar-refractivity contribution in [3.63, 3.8) is 0 Å². The van der Waals surface area contributed by atoms with E-state index in [1.165, 1.54) is 5.56 Å². The van der Waals surface area contributed by atoms with Crippen molar-refractivity contribution in [1.82, 2.24) is 9.88 Å². The van der Waals surface area contributed by atoms with Crippen LogP contribution in [0.25, 0.3) is 0 Å². The third kappa shape index (κ3) is 6.89. The smallest absolute Gasteiger partial charge is 0.0573 e. The van der Waals surface area contributed by atoms with Crippen LogP contribution in [0.5, 0.6) is 0 Å². The first-order valence-corrected chi connectivity index (χ1v) is 8.26. The van der Waals surface area contributed by atoms with Crippen LogP contribution >= 0.6 is 0 Å². The van der Waals surface area contributed by atoms with E-state index in [1.807, 2.05) is 31.5 Å². The van der Waals surface area contributed by atoms with Crippen molar-refractivity contribution in [1.29, 1.82) is 0 Å². The quantitative estimate of drug-likeness (QED) is 0.409. The molecular formula is C19H30N4. The second kappa shape index (κ2) is 10.9. The van der Waals surface area contributed by atoms with E-state index >= 15 is 0 Å². The normalized spacial score (nSPS) is 12.7. The van der Waals surface area contributed by atoms with Crippen LogP contribution in [0.4, 0.5) is 0 Å². The zero-order valence-electron chi connectivity index (χ0n) is 14.8. The van der Waals surface area contributed by atoms with Crippen LogP contribution in [-0.4, -0.2) is 35.7 Å². The molecular weight excluding hydrogens is 284 g/mol. The molecule has 0 atom stereocenters. The van der Waals surface area contributed by atoms with E-state index in [2.05, 4.69) is 41.4 Å². The molecule has 0 spiro atoms. The van der Waals surface area contributed by atoms with E-state index in [-0.39, 0.29) is 0 Å². The van der Waals surface area contributed by atoms with Gasteiger partial charge in [-0.25, -0.2) is 0 Å². The van der Waals surface area contributed by atoms with Crippen LogP contribution in [0.1, 0.15) is 37.9 Å². The molecule has 0 aliphatic rings. The zero-order chi connectivity index (χ0) is 17.1. The van der Waals surface area contributed by atoms with Crippen molar-refractivity contribution >= 4 is 6.21 Å². The van der Waals surface area contributed by atoms with Gasteiger partial charge >= 0.3 is 0 Å². The van der Waals surface area contributed by atoms with Crippen LogP contribution < -0.4 is 5.73 Å². The molecule has 2 N–H and O–H groups in total. The van der Waals surface area contributed by atoms with Gasteiger partial charge in [0.15, 0.2) is 0 Å². The van der Waals surface area contributed by atoms with Gasteiger partial charge in [-0.3, -0.25) is 14.9 Å². The van der Waals surface area contributed by atoms with Gasteiger partial charge in [-0.15, -0.1) is 0 Å². The van der Waals surface area contributed by atoms with Crippen molar-refractivity contribution in [2.24, 2.45) is 10.7 Å². The maximum Gasteiger partial charge on any atom is 0.0573 e. The number of pyridine rings is 1. The highest BCUT2D eigenvalue weighted by Gasteiger charge is 2.11. The molecule has 0 radical (unpaired) electrons. The maximum absolute atomic E-state index is 5.63. The highest BCUT2D eigenvalue weighted by Crippen LogP contribution is 2.14.